The highest BCUT2D eigenvalue weighted by atomic mass is 16.5. The fourth-order valence-electron chi connectivity index (χ4n) is 5.03. The third kappa shape index (κ3) is 3.24. The number of hydrogen-bond acceptors (Lipinski definition) is 6. The minimum absolute atomic E-state index is 0.0660. The molecule has 3 N–H and O–H groups in total. The van der Waals surface area contributed by atoms with Crippen LogP contribution in [0.2, 0.25) is 0 Å². The average molecular weight is 442 g/mol. The van der Waals surface area contributed by atoms with Gasteiger partial charge in [-0.15, -0.1) is 0 Å². The van der Waals surface area contributed by atoms with Crippen molar-refractivity contribution in [2.75, 3.05) is 18.8 Å². The van der Waals surface area contributed by atoms with E-state index in [1.54, 1.807) is 0 Å². The smallest absolute Gasteiger partial charge is 0.407 e. The number of nitrogen functional groups attached to an aromatic ring is 1. The lowest BCUT2D eigenvalue weighted by Crippen LogP contribution is -2.63. The van der Waals surface area contributed by atoms with Gasteiger partial charge in [0.15, 0.2) is 5.65 Å². The number of nitrogens with zero attached hydrogens (tertiary/aromatic N) is 5. The SMILES string of the molecule is Nc1ncnc2c1c(-c1ccc(Oc3ccccc3)cc1)nn2C1CC2(C1)CN(C(=O)O)C2. The first-order valence-corrected chi connectivity index (χ1v) is 10.8. The molecule has 1 spiro atoms. The summed E-state index contributed by atoms with van der Waals surface area (Å²) in [5.74, 6) is 1.89. The summed E-state index contributed by atoms with van der Waals surface area (Å²) >= 11 is 0. The van der Waals surface area contributed by atoms with E-state index in [9.17, 15) is 4.79 Å². The zero-order chi connectivity index (χ0) is 22.6. The maximum Gasteiger partial charge on any atom is 0.407 e. The van der Waals surface area contributed by atoms with Gasteiger partial charge in [-0.05, 0) is 49.2 Å². The summed E-state index contributed by atoms with van der Waals surface area (Å²) < 4.78 is 7.83. The number of nitrogens with two attached hydrogens (primary N) is 1. The number of benzene rings is 2. The first-order chi connectivity index (χ1) is 16.0. The molecule has 9 nitrogen and oxygen atoms in total. The molecule has 2 aromatic carbocycles. The van der Waals surface area contributed by atoms with Crippen LogP contribution in [0.25, 0.3) is 22.3 Å². The number of likely N-dealkylation sites (tertiary alicyclic amines) is 1. The summed E-state index contributed by atoms with van der Waals surface area (Å²) in [4.78, 5) is 21.3. The summed E-state index contributed by atoms with van der Waals surface area (Å²) in [6.45, 7) is 1.18. The second-order valence-corrected chi connectivity index (χ2v) is 8.89. The Labute approximate surface area is 189 Å². The maximum atomic E-state index is 11.1. The summed E-state index contributed by atoms with van der Waals surface area (Å²) in [5, 5.41) is 14.8. The van der Waals surface area contributed by atoms with Crippen molar-refractivity contribution in [3.8, 4) is 22.8 Å². The van der Waals surface area contributed by atoms with Gasteiger partial charge in [0.2, 0.25) is 0 Å². The molecule has 6 rings (SSSR count). The number of hydrogen-bond donors (Lipinski definition) is 2. The molecular weight excluding hydrogens is 420 g/mol. The molecule has 1 aliphatic heterocycles. The molecule has 0 unspecified atom stereocenters. The van der Waals surface area contributed by atoms with Gasteiger partial charge in [-0.3, -0.25) is 0 Å². The number of ether oxygens (including phenoxy) is 1. The van der Waals surface area contributed by atoms with Gasteiger partial charge in [-0.25, -0.2) is 19.4 Å². The van der Waals surface area contributed by atoms with E-state index < -0.39 is 6.09 Å². The number of amides is 1. The standard InChI is InChI=1S/C24H22N6O3/c25-21-19-20(15-6-8-18(9-7-15)33-17-4-2-1-3-5-17)28-30(22(19)27-14-26-21)16-10-24(11-16)12-29(13-24)23(31)32/h1-9,14,16H,10-13H2,(H,31,32)(H2,25,26,27). The van der Waals surface area contributed by atoms with Crippen LogP contribution in [0.15, 0.2) is 60.9 Å². The Morgan fingerprint density at radius 1 is 1.03 bits per heavy atom. The van der Waals surface area contributed by atoms with Crippen molar-refractivity contribution in [2.45, 2.75) is 18.9 Å². The summed E-state index contributed by atoms with van der Waals surface area (Å²) in [6.07, 6.45) is 2.36. The molecule has 2 aromatic heterocycles. The topological polar surface area (TPSA) is 119 Å². The molecule has 0 radical (unpaired) electrons. The van der Waals surface area contributed by atoms with Gasteiger partial charge >= 0.3 is 6.09 Å². The molecule has 2 aliphatic rings. The van der Waals surface area contributed by atoms with E-state index in [0.717, 1.165) is 41.0 Å². The van der Waals surface area contributed by atoms with Crippen molar-refractivity contribution >= 4 is 22.9 Å². The molecule has 166 valence electrons. The minimum atomic E-state index is -0.851. The molecular formula is C24H22N6O3. The number of aromatic nitrogens is 4. The first-order valence-electron chi connectivity index (χ1n) is 10.8. The molecule has 2 fully saturated rings. The van der Waals surface area contributed by atoms with Gasteiger partial charge in [-0.1, -0.05) is 18.2 Å². The third-order valence-electron chi connectivity index (χ3n) is 6.63. The minimum Gasteiger partial charge on any atom is -0.465 e. The van der Waals surface area contributed by atoms with Crippen LogP contribution in [0.5, 0.6) is 11.5 Å². The Bertz CT molecular complexity index is 1340. The molecule has 1 saturated carbocycles. The quantitative estimate of drug-likeness (QED) is 0.486. The van der Waals surface area contributed by atoms with Crippen LogP contribution in [0.3, 0.4) is 0 Å². The van der Waals surface area contributed by atoms with Crippen LogP contribution in [0.1, 0.15) is 18.9 Å². The number of anilines is 1. The fraction of sp³-hybridized carbons (Fsp3) is 0.250. The Morgan fingerprint density at radius 2 is 1.73 bits per heavy atom. The lowest BCUT2D eigenvalue weighted by atomic mass is 9.61. The predicted octanol–water partition coefficient (Wildman–Crippen LogP) is 4.18. The number of carboxylic acid groups (broad SMARTS) is 1. The number of para-hydroxylation sites is 1. The molecule has 0 atom stereocenters. The van der Waals surface area contributed by atoms with Gasteiger partial charge in [0, 0.05) is 24.1 Å². The Hall–Kier alpha value is -4.14. The lowest BCUT2D eigenvalue weighted by Gasteiger charge is -2.57. The van der Waals surface area contributed by atoms with Gasteiger partial charge < -0.3 is 20.5 Å². The highest BCUT2D eigenvalue weighted by Crippen LogP contribution is 2.54. The third-order valence-corrected chi connectivity index (χ3v) is 6.63. The van der Waals surface area contributed by atoms with E-state index in [0.29, 0.717) is 24.6 Å². The summed E-state index contributed by atoms with van der Waals surface area (Å²) in [6, 6.07) is 17.5. The molecule has 1 amide bonds. The molecule has 1 aliphatic carbocycles. The number of carbonyl (C=O) groups is 1. The van der Waals surface area contributed by atoms with Crippen molar-refractivity contribution in [3.63, 3.8) is 0 Å². The van der Waals surface area contributed by atoms with Crippen molar-refractivity contribution in [2.24, 2.45) is 5.41 Å². The average Bonchev–Trinajstić information content (AvgIpc) is 3.14. The van der Waals surface area contributed by atoms with Crippen LogP contribution in [-0.2, 0) is 0 Å². The summed E-state index contributed by atoms with van der Waals surface area (Å²) in [7, 11) is 0. The second kappa shape index (κ2) is 7.19. The van der Waals surface area contributed by atoms with Crippen LogP contribution < -0.4 is 10.5 Å². The highest BCUT2D eigenvalue weighted by Gasteiger charge is 2.55. The molecule has 9 heteroatoms. The normalized spacial score (nSPS) is 17.0. The zero-order valence-electron chi connectivity index (χ0n) is 17.8. The van der Waals surface area contributed by atoms with E-state index >= 15 is 0 Å². The number of fused-ring (bicyclic) bond motifs is 1. The van der Waals surface area contributed by atoms with Crippen molar-refractivity contribution in [3.05, 3.63) is 60.9 Å². The van der Waals surface area contributed by atoms with Gasteiger partial charge in [0.25, 0.3) is 0 Å². The van der Waals surface area contributed by atoms with Gasteiger partial charge in [-0.2, -0.15) is 5.10 Å². The van der Waals surface area contributed by atoms with E-state index in [2.05, 4.69) is 9.97 Å². The van der Waals surface area contributed by atoms with E-state index in [1.165, 1.54) is 11.2 Å². The Balaban J connectivity index is 1.29. The molecule has 3 heterocycles. The van der Waals surface area contributed by atoms with Crippen molar-refractivity contribution in [1.29, 1.82) is 0 Å². The van der Waals surface area contributed by atoms with Crippen LogP contribution in [-0.4, -0.2) is 48.9 Å². The van der Waals surface area contributed by atoms with Gasteiger partial charge in [0.05, 0.1) is 11.4 Å². The fourth-order valence-corrected chi connectivity index (χ4v) is 5.03. The van der Waals surface area contributed by atoms with Crippen molar-refractivity contribution in [1.82, 2.24) is 24.6 Å². The molecule has 1 saturated heterocycles. The van der Waals surface area contributed by atoms with Gasteiger partial charge in [0.1, 0.15) is 29.3 Å². The largest absolute Gasteiger partial charge is 0.465 e. The molecule has 33 heavy (non-hydrogen) atoms. The van der Waals surface area contributed by atoms with E-state index in [-0.39, 0.29) is 11.5 Å². The molecule has 0 bridgehead atoms. The van der Waals surface area contributed by atoms with Crippen LogP contribution >= 0.6 is 0 Å². The molecule has 4 aromatic rings. The first kappa shape index (κ1) is 19.5. The maximum absolute atomic E-state index is 11.1. The van der Waals surface area contributed by atoms with E-state index in [4.69, 9.17) is 20.7 Å². The lowest BCUT2D eigenvalue weighted by molar-refractivity contribution is -0.0761. The monoisotopic (exact) mass is 442 g/mol. The number of rotatable bonds is 4. The van der Waals surface area contributed by atoms with E-state index in [1.807, 2.05) is 59.3 Å². The zero-order valence-corrected chi connectivity index (χ0v) is 17.8. The van der Waals surface area contributed by atoms with Crippen LogP contribution in [0.4, 0.5) is 10.6 Å². The van der Waals surface area contributed by atoms with Crippen LogP contribution in [0, 0.1) is 5.41 Å². The Morgan fingerprint density at radius 3 is 2.42 bits per heavy atom. The second-order valence-electron chi connectivity index (χ2n) is 8.89. The van der Waals surface area contributed by atoms with Crippen molar-refractivity contribution < 1.29 is 14.6 Å². The summed E-state index contributed by atoms with van der Waals surface area (Å²) in [5.41, 5.74) is 8.64. The predicted molar refractivity (Wildman–Crippen MR) is 122 cm³/mol. The highest BCUT2D eigenvalue weighted by molar-refractivity contribution is 5.98. The Kier molecular flexibility index (Phi) is 4.26.